The topological polar surface area (TPSA) is 66.9 Å². The summed E-state index contributed by atoms with van der Waals surface area (Å²) in [7, 11) is 4.67. The molecule has 1 atom stereocenters. The van der Waals surface area contributed by atoms with Crippen LogP contribution in [0.1, 0.15) is 27.7 Å². The van der Waals surface area contributed by atoms with Gasteiger partial charge in [0.05, 0.1) is 32.6 Å². The van der Waals surface area contributed by atoms with Gasteiger partial charge >= 0.3 is 5.97 Å². The molecule has 0 aliphatic carbocycles. The average molecular weight is 429 g/mol. The molecule has 0 saturated heterocycles. The third kappa shape index (κ3) is 4.21. The van der Waals surface area contributed by atoms with Gasteiger partial charge in [-0.15, -0.1) is 0 Å². The van der Waals surface area contributed by atoms with E-state index in [1.807, 2.05) is 54.6 Å². The molecule has 4 aromatic rings. The highest BCUT2D eigenvalue weighted by Gasteiger charge is 2.24. The van der Waals surface area contributed by atoms with Crippen molar-refractivity contribution in [3.05, 3.63) is 95.8 Å². The van der Waals surface area contributed by atoms with Crippen LogP contribution in [0.2, 0.25) is 0 Å². The van der Waals surface area contributed by atoms with Crippen LogP contribution >= 0.6 is 0 Å². The van der Waals surface area contributed by atoms with Gasteiger partial charge in [0.2, 0.25) is 0 Å². The average Bonchev–Trinajstić information content (AvgIpc) is 2.86. The molecule has 1 aromatic heterocycles. The van der Waals surface area contributed by atoms with Crippen LogP contribution in [-0.2, 0) is 4.74 Å². The van der Waals surface area contributed by atoms with Gasteiger partial charge in [-0.3, -0.25) is 4.98 Å². The first-order valence-electron chi connectivity index (χ1n) is 10.0. The molecule has 0 radical (unpaired) electrons. The van der Waals surface area contributed by atoms with Crippen LogP contribution in [0.4, 0.5) is 0 Å². The van der Waals surface area contributed by atoms with Crippen LogP contribution in [0.25, 0.3) is 10.8 Å². The van der Waals surface area contributed by atoms with Crippen molar-refractivity contribution in [1.82, 2.24) is 4.98 Å². The molecule has 1 heterocycles. The Bertz CT molecular complexity index is 1230. The minimum Gasteiger partial charge on any atom is -0.497 e. The van der Waals surface area contributed by atoms with Gasteiger partial charge < -0.3 is 18.9 Å². The van der Waals surface area contributed by atoms with Gasteiger partial charge in [0.25, 0.3) is 0 Å². The molecule has 0 N–H and O–H groups in total. The summed E-state index contributed by atoms with van der Waals surface area (Å²) >= 11 is 0. The zero-order valence-corrected chi connectivity index (χ0v) is 18.1. The van der Waals surface area contributed by atoms with Crippen LogP contribution in [0, 0.1) is 0 Å². The van der Waals surface area contributed by atoms with E-state index < -0.39 is 12.1 Å². The second-order valence-corrected chi connectivity index (χ2v) is 7.05. The number of aromatic nitrogens is 1. The zero-order valence-electron chi connectivity index (χ0n) is 18.1. The fraction of sp³-hybridized carbons (Fsp3) is 0.154. The smallest absolute Gasteiger partial charge is 0.339 e. The van der Waals surface area contributed by atoms with Crippen LogP contribution in [0.5, 0.6) is 17.2 Å². The number of methoxy groups -OCH3 is 3. The van der Waals surface area contributed by atoms with Crippen molar-refractivity contribution in [2.45, 2.75) is 6.10 Å². The molecule has 0 fully saturated rings. The van der Waals surface area contributed by atoms with Crippen molar-refractivity contribution >= 4 is 16.7 Å². The number of hydrogen-bond acceptors (Lipinski definition) is 6. The minimum atomic E-state index is -0.715. The summed E-state index contributed by atoms with van der Waals surface area (Å²) in [6, 6.07) is 22.1. The Hall–Kier alpha value is -4.06. The van der Waals surface area contributed by atoms with E-state index in [1.54, 1.807) is 38.6 Å². The van der Waals surface area contributed by atoms with E-state index in [1.165, 1.54) is 7.11 Å². The van der Waals surface area contributed by atoms with Gasteiger partial charge in [-0.25, -0.2) is 4.79 Å². The SMILES string of the molecule is COc1ccc([C@@H](OC(=O)c2ccc(OC)c(OC)c2)c2nccc3ccccc23)cc1. The molecular formula is C26H23NO5. The third-order valence-corrected chi connectivity index (χ3v) is 5.22. The summed E-state index contributed by atoms with van der Waals surface area (Å²) < 4.78 is 21.9. The molecule has 0 bridgehead atoms. The number of benzene rings is 3. The maximum atomic E-state index is 13.2. The van der Waals surface area contributed by atoms with Gasteiger partial charge in [0, 0.05) is 11.6 Å². The molecular weight excluding hydrogens is 406 g/mol. The van der Waals surface area contributed by atoms with Crippen molar-refractivity contribution < 1.29 is 23.7 Å². The fourth-order valence-electron chi connectivity index (χ4n) is 3.55. The number of ether oxygens (including phenoxy) is 4. The standard InChI is InChI=1S/C26H23NO5/c1-29-20-11-8-18(9-12-20)25(24-21-7-5-4-6-17(21)14-15-27-24)32-26(28)19-10-13-22(30-2)23(16-19)31-3/h4-16,25H,1-3H3/t25-/m1/s1. The summed E-state index contributed by atoms with van der Waals surface area (Å²) in [5.74, 6) is 1.20. The maximum Gasteiger partial charge on any atom is 0.339 e. The predicted molar refractivity (Wildman–Crippen MR) is 122 cm³/mol. The Balaban J connectivity index is 1.76. The van der Waals surface area contributed by atoms with Crippen molar-refractivity contribution in [2.75, 3.05) is 21.3 Å². The van der Waals surface area contributed by atoms with Crippen molar-refractivity contribution in [3.63, 3.8) is 0 Å². The summed E-state index contributed by atoms with van der Waals surface area (Å²) in [4.78, 5) is 17.7. The lowest BCUT2D eigenvalue weighted by atomic mass is 10.0. The maximum absolute atomic E-state index is 13.2. The van der Waals surface area contributed by atoms with Crippen molar-refractivity contribution in [3.8, 4) is 17.2 Å². The van der Waals surface area contributed by atoms with E-state index in [4.69, 9.17) is 18.9 Å². The Morgan fingerprint density at radius 2 is 1.56 bits per heavy atom. The number of hydrogen-bond donors (Lipinski definition) is 0. The summed E-state index contributed by atoms with van der Waals surface area (Å²) in [5, 5.41) is 1.93. The van der Waals surface area contributed by atoms with Crippen LogP contribution in [0.3, 0.4) is 0 Å². The molecule has 6 nitrogen and oxygen atoms in total. The molecule has 0 unspecified atom stereocenters. The Kier molecular flexibility index (Phi) is 6.22. The number of esters is 1. The van der Waals surface area contributed by atoms with Gasteiger partial charge in [0.1, 0.15) is 5.75 Å². The lowest BCUT2D eigenvalue weighted by Gasteiger charge is -2.20. The van der Waals surface area contributed by atoms with Gasteiger partial charge in [-0.2, -0.15) is 0 Å². The van der Waals surface area contributed by atoms with E-state index >= 15 is 0 Å². The molecule has 0 spiro atoms. The van der Waals surface area contributed by atoms with E-state index in [0.29, 0.717) is 28.5 Å². The first kappa shape index (κ1) is 21.2. The van der Waals surface area contributed by atoms with Gasteiger partial charge in [0.15, 0.2) is 17.6 Å². The first-order chi connectivity index (χ1) is 15.6. The van der Waals surface area contributed by atoms with Crippen LogP contribution in [0.15, 0.2) is 79.0 Å². The molecule has 0 aliphatic rings. The van der Waals surface area contributed by atoms with E-state index in [2.05, 4.69) is 4.98 Å². The fourth-order valence-corrected chi connectivity index (χ4v) is 3.55. The highest BCUT2D eigenvalue weighted by molar-refractivity contribution is 5.91. The Labute approximate surface area is 186 Å². The molecule has 3 aromatic carbocycles. The molecule has 0 saturated carbocycles. The summed E-state index contributed by atoms with van der Waals surface area (Å²) in [6.45, 7) is 0. The molecule has 0 aliphatic heterocycles. The second kappa shape index (κ2) is 9.39. The molecule has 4 rings (SSSR count). The van der Waals surface area contributed by atoms with Crippen LogP contribution < -0.4 is 14.2 Å². The molecule has 32 heavy (non-hydrogen) atoms. The highest BCUT2D eigenvalue weighted by atomic mass is 16.5. The molecule has 162 valence electrons. The predicted octanol–water partition coefficient (Wildman–Crippen LogP) is 5.21. The van der Waals surface area contributed by atoms with Crippen molar-refractivity contribution in [2.24, 2.45) is 0 Å². The molecule has 6 heteroatoms. The number of fused-ring (bicyclic) bond motifs is 1. The van der Waals surface area contributed by atoms with Crippen LogP contribution in [-0.4, -0.2) is 32.3 Å². The highest BCUT2D eigenvalue weighted by Crippen LogP contribution is 2.33. The quantitative estimate of drug-likeness (QED) is 0.376. The first-order valence-corrected chi connectivity index (χ1v) is 10.0. The minimum absolute atomic E-state index is 0.349. The van der Waals surface area contributed by atoms with E-state index in [-0.39, 0.29) is 0 Å². The lowest BCUT2D eigenvalue weighted by molar-refractivity contribution is 0.0373. The zero-order chi connectivity index (χ0) is 22.5. The monoisotopic (exact) mass is 429 g/mol. The summed E-state index contributed by atoms with van der Waals surface area (Å²) in [6.07, 6.45) is 1.01. The summed E-state index contributed by atoms with van der Waals surface area (Å²) in [5.41, 5.74) is 1.78. The number of carbonyl (C=O) groups is 1. The largest absolute Gasteiger partial charge is 0.497 e. The Morgan fingerprint density at radius 1 is 0.812 bits per heavy atom. The number of carbonyl (C=O) groups excluding carboxylic acids is 1. The lowest BCUT2D eigenvalue weighted by Crippen LogP contribution is -2.15. The van der Waals surface area contributed by atoms with E-state index in [0.717, 1.165) is 16.3 Å². The number of pyridine rings is 1. The van der Waals surface area contributed by atoms with E-state index in [9.17, 15) is 4.79 Å². The second-order valence-electron chi connectivity index (χ2n) is 7.05. The Morgan fingerprint density at radius 3 is 2.28 bits per heavy atom. The number of nitrogens with zero attached hydrogens (tertiary/aromatic N) is 1. The normalized spacial score (nSPS) is 11.6. The number of rotatable bonds is 7. The third-order valence-electron chi connectivity index (χ3n) is 5.22. The van der Waals surface area contributed by atoms with Gasteiger partial charge in [-0.05, 0) is 47.3 Å². The van der Waals surface area contributed by atoms with Gasteiger partial charge in [-0.1, -0.05) is 36.4 Å². The van der Waals surface area contributed by atoms with Crippen molar-refractivity contribution in [1.29, 1.82) is 0 Å². The molecule has 0 amide bonds.